The number of primary amides is 1. The molecule has 3 aromatic rings. The van der Waals surface area contributed by atoms with Gasteiger partial charge in [0.25, 0.3) is 5.91 Å². The molecule has 0 radical (unpaired) electrons. The van der Waals surface area contributed by atoms with Gasteiger partial charge in [-0.3, -0.25) is 9.69 Å². The summed E-state index contributed by atoms with van der Waals surface area (Å²) in [5, 5.41) is 0. The molecular weight excluding hydrogens is 358 g/mol. The number of carbonyl (C=O) groups excluding carboxylic acids is 1. The minimum absolute atomic E-state index is 0.336. The first-order chi connectivity index (χ1) is 13.2. The summed E-state index contributed by atoms with van der Waals surface area (Å²) in [5.41, 5.74) is 6.54. The van der Waals surface area contributed by atoms with Crippen molar-refractivity contribution in [2.75, 3.05) is 6.54 Å². The predicted molar refractivity (Wildman–Crippen MR) is 106 cm³/mol. The largest absolute Gasteiger partial charge is 0.439 e. The van der Waals surface area contributed by atoms with Crippen molar-refractivity contribution in [3.05, 3.63) is 76.1 Å². The summed E-state index contributed by atoms with van der Waals surface area (Å²) in [5.74, 6) is 1.02. The van der Waals surface area contributed by atoms with E-state index in [1.165, 1.54) is 16.2 Å². The second kappa shape index (κ2) is 7.90. The lowest BCUT2D eigenvalue weighted by Gasteiger charge is -2.23. The molecule has 0 bridgehead atoms. The zero-order valence-corrected chi connectivity index (χ0v) is 15.7. The molecule has 0 spiro atoms. The van der Waals surface area contributed by atoms with Gasteiger partial charge in [0.2, 0.25) is 5.88 Å². The van der Waals surface area contributed by atoms with Crippen LogP contribution in [-0.4, -0.2) is 22.3 Å². The quantitative estimate of drug-likeness (QED) is 0.690. The molecular formula is C21H21N3O2S. The molecule has 0 aliphatic carbocycles. The van der Waals surface area contributed by atoms with Gasteiger partial charge in [0.05, 0.1) is 4.88 Å². The molecule has 27 heavy (non-hydrogen) atoms. The first kappa shape index (κ1) is 17.7. The van der Waals surface area contributed by atoms with Crippen molar-refractivity contribution >= 4 is 17.2 Å². The van der Waals surface area contributed by atoms with Gasteiger partial charge in [-0.15, -0.1) is 11.3 Å². The number of amides is 1. The normalized spacial score (nSPS) is 17.1. The maximum Gasteiger partial charge on any atom is 0.258 e. The average molecular weight is 379 g/mol. The Hall–Kier alpha value is -2.70. The molecule has 2 N–H and O–H groups in total. The van der Waals surface area contributed by atoms with Crippen LogP contribution >= 0.6 is 11.3 Å². The van der Waals surface area contributed by atoms with Crippen LogP contribution in [0.1, 0.15) is 39.0 Å². The van der Waals surface area contributed by atoms with E-state index in [2.05, 4.69) is 16.0 Å². The monoisotopic (exact) mass is 379 g/mol. The average Bonchev–Trinajstić information content (AvgIpc) is 3.33. The van der Waals surface area contributed by atoms with Crippen LogP contribution in [0.15, 0.2) is 60.8 Å². The number of benzene rings is 1. The van der Waals surface area contributed by atoms with Crippen molar-refractivity contribution in [1.29, 1.82) is 0 Å². The van der Waals surface area contributed by atoms with Crippen molar-refractivity contribution in [2.45, 2.75) is 25.4 Å². The zero-order valence-electron chi connectivity index (χ0n) is 14.9. The van der Waals surface area contributed by atoms with Crippen molar-refractivity contribution in [1.82, 2.24) is 9.88 Å². The molecule has 5 nitrogen and oxygen atoms in total. The lowest BCUT2D eigenvalue weighted by Crippen LogP contribution is -2.22. The zero-order chi connectivity index (χ0) is 18.6. The number of pyridine rings is 1. The molecule has 4 rings (SSSR count). The first-order valence-corrected chi connectivity index (χ1v) is 9.82. The SMILES string of the molecule is NC(=O)c1ccc([C@H]2CCCN2Cc2ccc(Oc3ccccc3)nc2)s1. The highest BCUT2D eigenvalue weighted by molar-refractivity contribution is 7.14. The number of thiophene rings is 1. The molecule has 138 valence electrons. The summed E-state index contributed by atoms with van der Waals surface area (Å²) in [7, 11) is 0. The highest BCUT2D eigenvalue weighted by Gasteiger charge is 2.27. The molecule has 1 aliphatic heterocycles. The van der Waals surface area contributed by atoms with E-state index in [1.54, 1.807) is 0 Å². The van der Waals surface area contributed by atoms with Crippen LogP contribution in [0.3, 0.4) is 0 Å². The highest BCUT2D eigenvalue weighted by atomic mass is 32.1. The van der Waals surface area contributed by atoms with E-state index in [4.69, 9.17) is 10.5 Å². The predicted octanol–water partition coefficient (Wildman–Crippen LogP) is 4.37. The van der Waals surface area contributed by atoms with Gasteiger partial charge in [0, 0.05) is 29.7 Å². The molecule has 1 fully saturated rings. The number of hydrogen-bond donors (Lipinski definition) is 1. The molecule has 1 saturated heterocycles. The van der Waals surface area contributed by atoms with E-state index < -0.39 is 0 Å². The van der Waals surface area contributed by atoms with Crippen molar-refractivity contribution in [3.63, 3.8) is 0 Å². The van der Waals surface area contributed by atoms with Crippen LogP contribution in [0, 0.1) is 0 Å². The van der Waals surface area contributed by atoms with Crippen molar-refractivity contribution < 1.29 is 9.53 Å². The maximum atomic E-state index is 11.4. The number of likely N-dealkylation sites (tertiary alicyclic amines) is 1. The van der Waals surface area contributed by atoms with Gasteiger partial charge >= 0.3 is 0 Å². The van der Waals surface area contributed by atoms with E-state index >= 15 is 0 Å². The summed E-state index contributed by atoms with van der Waals surface area (Å²) >= 11 is 1.50. The van der Waals surface area contributed by atoms with E-state index in [1.807, 2.05) is 54.7 Å². The van der Waals surface area contributed by atoms with Crippen molar-refractivity contribution in [3.8, 4) is 11.6 Å². The number of carbonyl (C=O) groups is 1. The smallest absolute Gasteiger partial charge is 0.258 e. The molecule has 0 saturated carbocycles. The summed E-state index contributed by atoms with van der Waals surface area (Å²) in [6.07, 6.45) is 4.12. The fourth-order valence-electron chi connectivity index (χ4n) is 3.41. The summed E-state index contributed by atoms with van der Waals surface area (Å²) in [6, 6.07) is 17.8. The Morgan fingerprint density at radius 1 is 1.19 bits per heavy atom. The number of aromatic nitrogens is 1. The third kappa shape index (κ3) is 4.18. The molecule has 0 unspecified atom stereocenters. The Morgan fingerprint density at radius 3 is 2.74 bits per heavy atom. The summed E-state index contributed by atoms with van der Waals surface area (Å²) in [6.45, 7) is 1.86. The molecule has 1 aromatic carbocycles. The minimum atomic E-state index is -0.353. The van der Waals surface area contributed by atoms with Gasteiger partial charge in [0.1, 0.15) is 5.75 Å². The molecule has 2 aromatic heterocycles. The summed E-state index contributed by atoms with van der Waals surface area (Å²) < 4.78 is 5.75. The van der Waals surface area contributed by atoms with Crippen LogP contribution in [0.4, 0.5) is 0 Å². The Labute approximate surface area is 162 Å². The Kier molecular flexibility index (Phi) is 5.18. The molecule has 1 aliphatic rings. The number of para-hydroxylation sites is 1. The number of ether oxygens (including phenoxy) is 1. The highest BCUT2D eigenvalue weighted by Crippen LogP contribution is 2.36. The molecule has 3 heterocycles. The molecule has 6 heteroatoms. The van der Waals surface area contributed by atoms with Crippen LogP contribution in [0.5, 0.6) is 11.6 Å². The standard InChI is InChI=1S/C21H21N3O2S/c22-21(25)19-10-9-18(27-19)17-7-4-12-24(17)14-15-8-11-20(23-13-15)26-16-5-2-1-3-6-16/h1-3,5-6,8-11,13,17H,4,7,12,14H2,(H2,22,25)/t17-/m1/s1. The van der Waals surface area contributed by atoms with Gasteiger partial charge in [-0.1, -0.05) is 24.3 Å². The van der Waals surface area contributed by atoms with Gasteiger partial charge in [-0.05, 0) is 49.2 Å². The van der Waals surface area contributed by atoms with E-state index in [-0.39, 0.29) is 5.91 Å². The minimum Gasteiger partial charge on any atom is -0.439 e. The Balaban J connectivity index is 1.42. The van der Waals surface area contributed by atoms with Gasteiger partial charge in [0.15, 0.2) is 0 Å². The first-order valence-electron chi connectivity index (χ1n) is 9.00. The third-order valence-corrected chi connectivity index (χ3v) is 5.91. The number of rotatable bonds is 6. The fourth-order valence-corrected chi connectivity index (χ4v) is 4.44. The van der Waals surface area contributed by atoms with Crippen LogP contribution in [-0.2, 0) is 6.54 Å². The topological polar surface area (TPSA) is 68.5 Å². The summed E-state index contributed by atoms with van der Waals surface area (Å²) in [4.78, 5) is 20.1. The van der Waals surface area contributed by atoms with Gasteiger partial charge in [-0.2, -0.15) is 0 Å². The fraction of sp³-hybridized carbons (Fsp3) is 0.238. The van der Waals surface area contributed by atoms with E-state index in [0.29, 0.717) is 16.8 Å². The number of nitrogens with two attached hydrogens (primary N) is 1. The van der Waals surface area contributed by atoms with Gasteiger partial charge < -0.3 is 10.5 Å². The molecule has 1 atom stereocenters. The second-order valence-corrected chi connectivity index (χ2v) is 7.73. The van der Waals surface area contributed by atoms with Crippen LogP contribution < -0.4 is 10.5 Å². The molecule has 1 amide bonds. The van der Waals surface area contributed by atoms with E-state index in [9.17, 15) is 4.79 Å². The number of nitrogens with zero attached hydrogens (tertiary/aromatic N) is 2. The van der Waals surface area contributed by atoms with Gasteiger partial charge in [-0.25, -0.2) is 4.98 Å². The lowest BCUT2D eigenvalue weighted by atomic mass is 10.1. The number of hydrogen-bond acceptors (Lipinski definition) is 5. The third-order valence-electron chi connectivity index (χ3n) is 4.71. The Bertz CT molecular complexity index is 909. The Morgan fingerprint density at radius 2 is 2.04 bits per heavy atom. The maximum absolute atomic E-state index is 11.4. The van der Waals surface area contributed by atoms with Crippen molar-refractivity contribution in [2.24, 2.45) is 5.73 Å². The lowest BCUT2D eigenvalue weighted by molar-refractivity contribution is 0.100. The van der Waals surface area contributed by atoms with Crippen LogP contribution in [0.25, 0.3) is 0 Å². The second-order valence-electron chi connectivity index (χ2n) is 6.61. The van der Waals surface area contributed by atoms with Crippen LogP contribution in [0.2, 0.25) is 0 Å². The van der Waals surface area contributed by atoms with E-state index in [0.717, 1.165) is 37.2 Å².